The van der Waals surface area contributed by atoms with Crippen LogP contribution in [0.25, 0.3) is 0 Å². The van der Waals surface area contributed by atoms with E-state index in [1.54, 1.807) is 20.8 Å². The van der Waals surface area contributed by atoms with Crippen molar-refractivity contribution in [1.29, 1.82) is 0 Å². The number of ether oxygens (including phenoxy) is 1. The Kier molecular flexibility index (Phi) is 4.66. The van der Waals surface area contributed by atoms with Gasteiger partial charge >= 0.3 is 5.97 Å². The van der Waals surface area contributed by atoms with Gasteiger partial charge in [0.25, 0.3) is 11.5 Å². The van der Waals surface area contributed by atoms with Crippen LogP contribution in [0.2, 0.25) is 0 Å². The third-order valence-corrected chi connectivity index (χ3v) is 3.51. The fourth-order valence-corrected chi connectivity index (χ4v) is 2.38. The summed E-state index contributed by atoms with van der Waals surface area (Å²) < 4.78 is 5.10. The van der Waals surface area contributed by atoms with Gasteiger partial charge in [0.15, 0.2) is 5.13 Å². The standard InChI is InChI=1S/C13H14N4O4S/c1-6(2)21-12(20)10-7(3)14-13(22-10)15-11(19)8-4-5-9(18)17-16-8/h4-6H,1-3H3,(H,17,18)(H,14,15,19). The van der Waals surface area contributed by atoms with Crippen molar-refractivity contribution < 1.29 is 14.3 Å². The van der Waals surface area contributed by atoms with Gasteiger partial charge in [-0.25, -0.2) is 14.9 Å². The molecule has 1 amide bonds. The lowest BCUT2D eigenvalue weighted by atomic mass is 10.4. The first kappa shape index (κ1) is 15.8. The molecule has 0 fully saturated rings. The molecule has 0 radical (unpaired) electrons. The molecule has 2 heterocycles. The summed E-state index contributed by atoms with van der Waals surface area (Å²) in [6.07, 6.45) is -0.239. The van der Waals surface area contributed by atoms with Gasteiger partial charge in [-0.2, -0.15) is 5.10 Å². The zero-order valence-corrected chi connectivity index (χ0v) is 13.0. The van der Waals surface area contributed by atoms with Crippen LogP contribution >= 0.6 is 11.3 Å². The van der Waals surface area contributed by atoms with Crippen LogP contribution in [-0.4, -0.2) is 33.2 Å². The Balaban J connectivity index is 2.14. The summed E-state index contributed by atoms with van der Waals surface area (Å²) in [4.78, 5) is 39.2. The summed E-state index contributed by atoms with van der Waals surface area (Å²) in [5.41, 5.74) is 0.111. The highest BCUT2D eigenvalue weighted by Crippen LogP contribution is 2.24. The number of nitrogens with one attached hydrogen (secondary N) is 2. The quantitative estimate of drug-likeness (QED) is 0.821. The number of aromatic amines is 1. The predicted octanol–water partition coefficient (Wildman–Crippen LogP) is 1.35. The molecule has 9 heteroatoms. The van der Waals surface area contributed by atoms with E-state index in [0.29, 0.717) is 10.6 Å². The van der Waals surface area contributed by atoms with Crippen molar-refractivity contribution in [3.63, 3.8) is 0 Å². The molecule has 0 aliphatic carbocycles. The van der Waals surface area contributed by atoms with E-state index in [1.807, 2.05) is 0 Å². The molecule has 2 aromatic heterocycles. The Hall–Kier alpha value is -2.55. The maximum absolute atomic E-state index is 11.9. The number of carbonyl (C=O) groups excluding carboxylic acids is 2. The number of carbonyl (C=O) groups is 2. The molecule has 0 bridgehead atoms. The third-order valence-electron chi connectivity index (χ3n) is 2.46. The summed E-state index contributed by atoms with van der Waals surface area (Å²) in [5.74, 6) is -1.01. The Bertz CT molecular complexity index is 745. The summed E-state index contributed by atoms with van der Waals surface area (Å²) >= 11 is 1.02. The van der Waals surface area contributed by atoms with Crippen molar-refractivity contribution in [3.8, 4) is 0 Å². The average Bonchev–Trinajstić information content (AvgIpc) is 2.79. The average molecular weight is 322 g/mol. The lowest BCUT2D eigenvalue weighted by Gasteiger charge is -2.05. The van der Waals surface area contributed by atoms with Crippen LogP contribution in [0.15, 0.2) is 16.9 Å². The van der Waals surface area contributed by atoms with Crippen molar-refractivity contribution in [2.45, 2.75) is 26.9 Å². The van der Waals surface area contributed by atoms with Crippen LogP contribution in [0, 0.1) is 6.92 Å². The normalized spacial score (nSPS) is 10.5. The Morgan fingerprint density at radius 3 is 2.68 bits per heavy atom. The van der Waals surface area contributed by atoms with Crippen LogP contribution in [0.3, 0.4) is 0 Å². The SMILES string of the molecule is Cc1nc(NC(=O)c2ccc(=O)[nH]n2)sc1C(=O)OC(C)C. The van der Waals surface area contributed by atoms with E-state index in [9.17, 15) is 14.4 Å². The van der Waals surface area contributed by atoms with Crippen molar-refractivity contribution in [1.82, 2.24) is 15.2 Å². The molecule has 116 valence electrons. The van der Waals surface area contributed by atoms with E-state index in [1.165, 1.54) is 12.1 Å². The molecule has 0 atom stereocenters. The minimum Gasteiger partial charge on any atom is -0.459 e. The number of amides is 1. The lowest BCUT2D eigenvalue weighted by molar-refractivity contribution is 0.0382. The molecule has 2 N–H and O–H groups in total. The van der Waals surface area contributed by atoms with E-state index in [0.717, 1.165) is 11.3 Å². The van der Waals surface area contributed by atoms with E-state index < -0.39 is 17.4 Å². The maximum Gasteiger partial charge on any atom is 0.350 e. The minimum atomic E-state index is -0.534. The molecule has 2 aromatic rings. The molecular weight excluding hydrogens is 308 g/mol. The lowest BCUT2D eigenvalue weighted by Crippen LogP contribution is -2.17. The summed E-state index contributed by atoms with van der Waals surface area (Å²) in [6, 6.07) is 2.49. The summed E-state index contributed by atoms with van der Waals surface area (Å²) in [7, 11) is 0. The van der Waals surface area contributed by atoms with Gasteiger partial charge < -0.3 is 4.74 Å². The van der Waals surface area contributed by atoms with Crippen LogP contribution in [0.5, 0.6) is 0 Å². The zero-order chi connectivity index (χ0) is 16.3. The monoisotopic (exact) mass is 322 g/mol. The number of hydrogen-bond acceptors (Lipinski definition) is 7. The van der Waals surface area contributed by atoms with E-state index in [-0.39, 0.29) is 16.9 Å². The second-order valence-corrected chi connectivity index (χ2v) is 5.65. The molecule has 8 nitrogen and oxygen atoms in total. The first-order valence-electron chi connectivity index (χ1n) is 6.42. The summed E-state index contributed by atoms with van der Waals surface area (Å²) in [6.45, 7) is 5.15. The fraction of sp³-hybridized carbons (Fsp3) is 0.308. The molecule has 2 rings (SSSR count). The Labute approximate surface area is 129 Å². The van der Waals surface area contributed by atoms with E-state index in [2.05, 4.69) is 20.5 Å². The third kappa shape index (κ3) is 3.76. The highest BCUT2D eigenvalue weighted by atomic mass is 32.1. The van der Waals surface area contributed by atoms with Gasteiger partial charge in [0.05, 0.1) is 11.8 Å². The first-order chi connectivity index (χ1) is 10.4. The second kappa shape index (κ2) is 6.48. The van der Waals surface area contributed by atoms with Crippen LogP contribution in [-0.2, 0) is 4.74 Å². The van der Waals surface area contributed by atoms with Crippen LogP contribution in [0.4, 0.5) is 5.13 Å². The molecule has 0 saturated carbocycles. The molecule has 0 aromatic carbocycles. The molecular formula is C13H14N4O4S. The summed E-state index contributed by atoms with van der Waals surface area (Å²) in [5, 5.41) is 8.56. The molecule has 0 unspecified atom stereocenters. The number of nitrogens with zero attached hydrogens (tertiary/aromatic N) is 2. The van der Waals surface area contributed by atoms with Gasteiger partial charge in [0.1, 0.15) is 10.6 Å². The van der Waals surface area contributed by atoms with Gasteiger partial charge in [-0.15, -0.1) is 0 Å². The van der Waals surface area contributed by atoms with Gasteiger partial charge in [-0.3, -0.25) is 14.9 Å². The second-order valence-electron chi connectivity index (χ2n) is 4.65. The van der Waals surface area contributed by atoms with Crippen molar-refractivity contribution in [3.05, 3.63) is 38.8 Å². The van der Waals surface area contributed by atoms with E-state index in [4.69, 9.17) is 4.74 Å². The number of H-pyrrole nitrogens is 1. The number of hydrogen-bond donors (Lipinski definition) is 2. The first-order valence-corrected chi connectivity index (χ1v) is 7.24. The molecule has 0 spiro atoms. The Morgan fingerprint density at radius 1 is 1.36 bits per heavy atom. The highest BCUT2D eigenvalue weighted by Gasteiger charge is 2.19. The number of aromatic nitrogens is 3. The van der Waals surface area contributed by atoms with Gasteiger partial charge in [-0.05, 0) is 26.8 Å². The van der Waals surface area contributed by atoms with Gasteiger partial charge in [0, 0.05) is 6.07 Å². The molecule has 0 saturated heterocycles. The number of esters is 1. The molecule has 0 aliphatic rings. The van der Waals surface area contributed by atoms with Crippen LogP contribution in [0.1, 0.15) is 39.7 Å². The predicted molar refractivity (Wildman–Crippen MR) is 80.2 cm³/mol. The van der Waals surface area contributed by atoms with Crippen molar-refractivity contribution >= 4 is 28.3 Å². The topological polar surface area (TPSA) is 114 Å². The minimum absolute atomic E-state index is 0.0405. The van der Waals surface area contributed by atoms with Crippen LogP contribution < -0.4 is 10.9 Å². The van der Waals surface area contributed by atoms with Crippen molar-refractivity contribution in [2.24, 2.45) is 0 Å². The molecule has 0 aliphatic heterocycles. The largest absolute Gasteiger partial charge is 0.459 e. The number of thiazole rings is 1. The Morgan fingerprint density at radius 2 is 2.09 bits per heavy atom. The number of aryl methyl sites for hydroxylation is 1. The highest BCUT2D eigenvalue weighted by molar-refractivity contribution is 7.17. The maximum atomic E-state index is 11.9. The van der Waals surface area contributed by atoms with Gasteiger partial charge in [0.2, 0.25) is 0 Å². The smallest absolute Gasteiger partial charge is 0.350 e. The molecule has 22 heavy (non-hydrogen) atoms. The number of rotatable bonds is 4. The van der Waals surface area contributed by atoms with E-state index >= 15 is 0 Å². The van der Waals surface area contributed by atoms with Crippen molar-refractivity contribution in [2.75, 3.05) is 5.32 Å². The fourth-order valence-electron chi connectivity index (χ4n) is 1.54. The number of anilines is 1. The zero-order valence-electron chi connectivity index (χ0n) is 12.2. The van der Waals surface area contributed by atoms with Gasteiger partial charge in [-0.1, -0.05) is 11.3 Å².